The molecule has 0 heterocycles. The first kappa shape index (κ1) is 16.9. The Morgan fingerprint density at radius 1 is 1.24 bits per heavy atom. The molecule has 1 fully saturated rings. The van der Waals surface area contributed by atoms with E-state index in [4.69, 9.17) is 39.5 Å². The van der Waals surface area contributed by atoms with Crippen LogP contribution in [-0.2, 0) is 4.74 Å². The summed E-state index contributed by atoms with van der Waals surface area (Å²) < 4.78 is 5.46. The highest BCUT2D eigenvalue weighted by Gasteiger charge is 2.33. The van der Waals surface area contributed by atoms with E-state index in [-0.39, 0.29) is 21.0 Å². The zero-order valence-electron chi connectivity index (χ0n) is 12.2. The third kappa shape index (κ3) is 4.06. The highest BCUT2D eigenvalue weighted by Crippen LogP contribution is 2.40. The van der Waals surface area contributed by atoms with Gasteiger partial charge in [-0.05, 0) is 30.9 Å². The minimum Gasteiger partial charge on any atom is -0.461 e. The Hall–Kier alpha value is -0.440. The molecule has 2 nitrogen and oxygen atoms in total. The SMILES string of the molecule is CC(C)(COC(=O)c1cc(Cl)cc(Cl)c1Cl)C1CCCC1. The summed E-state index contributed by atoms with van der Waals surface area (Å²) in [5, 5.41) is 0.808. The number of carbonyl (C=O) groups excluding carboxylic acids is 1. The molecular formula is C16H19Cl3O2. The second-order valence-corrected chi connectivity index (χ2v) is 7.52. The van der Waals surface area contributed by atoms with Gasteiger partial charge in [0.25, 0.3) is 0 Å². The van der Waals surface area contributed by atoms with Crippen LogP contribution in [0.4, 0.5) is 0 Å². The number of benzene rings is 1. The first-order chi connectivity index (χ1) is 9.81. The van der Waals surface area contributed by atoms with Crippen molar-refractivity contribution in [3.8, 4) is 0 Å². The van der Waals surface area contributed by atoms with Crippen molar-refractivity contribution in [3.63, 3.8) is 0 Å². The first-order valence-corrected chi connectivity index (χ1v) is 8.26. The molecule has 0 spiro atoms. The summed E-state index contributed by atoms with van der Waals surface area (Å²) in [5.74, 6) is 0.124. The predicted molar refractivity (Wildman–Crippen MR) is 87.5 cm³/mol. The third-order valence-electron chi connectivity index (χ3n) is 4.25. The first-order valence-electron chi connectivity index (χ1n) is 7.13. The van der Waals surface area contributed by atoms with Gasteiger partial charge in [0.2, 0.25) is 0 Å². The molecule has 0 unspecified atom stereocenters. The number of rotatable bonds is 4. The number of hydrogen-bond donors (Lipinski definition) is 0. The molecule has 0 saturated heterocycles. The van der Waals surface area contributed by atoms with Gasteiger partial charge in [-0.2, -0.15) is 0 Å². The Bertz CT molecular complexity index is 535. The second-order valence-electron chi connectivity index (χ2n) is 6.30. The number of hydrogen-bond acceptors (Lipinski definition) is 2. The maximum Gasteiger partial charge on any atom is 0.339 e. The van der Waals surface area contributed by atoms with E-state index >= 15 is 0 Å². The molecular weight excluding hydrogens is 331 g/mol. The van der Waals surface area contributed by atoms with Crippen LogP contribution in [0.2, 0.25) is 15.1 Å². The van der Waals surface area contributed by atoms with Gasteiger partial charge in [-0.15, -0.1) is 0 Å². The molecule has 5 heteroatoms. The van der Waals surface area contributed by atoms with Crippen LogP contribution in [0.1, 0.15) is 49.9 Å². The van der Waals surface area contributed by atoms with Crippen LogP contribution in [0.5, 0.6) is 0 Å². The molecule has 0 aliphatic heterocycles. The van der Waals surface area contributed by atoms with Crippen LogP contribution >= 0.6 is 34.8 Å². The fourth-order valence-corrected chi connectivity index (χ4v) is 3.54. The highest BCUT2D eigenvalue weighted by molar-refractivity contribution is 6.45. The number of carbonyl (C=O) groups is 1. The average molecular weight is 350 g/mol. The van der Waals surface area contributed by atoms with Crippen molar-refractivity contribution < 1.29 is 9.53 Å². The topological polar surface area (TPSA) is 26.3 Å². The minimum absolute atomic E-state index is 0.0268. The van der Waals surface area contributed by atoms with Crippen LogP contribution < -0.4 is 0 Å². The molecule has 1 aromatic rings. The molecule has 0 radical (unpaired) electrons. The fourth-order valence-electron chi connectivity index (χ4n) is 2.86. The quantitative estimate of drug-likeness (QED) is 0.490. The summed E-state index contributed by atoms with van der Waals surface area (Å²) in [4.78, 5) is 12.2. The lowest BCUT2D eigenvalue weighted by molar-refractivity contribution is 0.0223. The normalized spacial score (nSPS) is 16.2. The van der Waals surface area contributed by atoms with E-state index in [9.17, 15) is 4.79 Å². The van der Waals surface area contributed by atoms with E-state index in [0.29, 0.717) is 17.5 Å². The van der Waals surface area contributed by atoms with Gasteiger partial charge in [0.05, 0.1) is 22.2 Å². The maximum atomic E-state index is 12.2. The number of esters is 1. The molecule has 1 saturated carbocycles. The van der Waals surface area contributed by atoms with Crippen molar-refractivity contribution in [1.29, 1.82) is 0 Å². The summed E-state index contributed by atoms with van der Waals surface area (Å²) in [6.45, 7) is 4.66. The van der Waals surface area contributed by atoms with E-state index < -0.39 is 5.97 Å². The Kier molecular flexibility index (Phi) is 5.45. The molecule has 2 rings (SSSR count). The van der Waals surface area contributed by atoms with E-state index in [0.717, 1.165) is 0 Å². The average Bonchev–Trinajstić information content (AvgIpc) is 2.95. The molecule has 0 amide bonds. The highest BCUT2D eigenvalue weighted by atomic mass is 35.5. The lowest BCUT2D eigenvalue weighted by atomic mass is 9.78. The summed E-state index contributed by atoms with van der Waals surface area (Å²) in [5.41, 5.74) is 0.192. The van der Waals surface area contributed by atoms with Crippen molar-refractivity contribution in [3.05, 3.63) is 32.8 Å². The van der Waals surface area contributed by atoms with Gasteiger partial charge < -0.3 is 4.74 Å². The zero-order valence-corrected chi connectivity index (χ0v) is 14.5. The third-order valence-corrected chi connectivity index (χ3v) is 5.27. The largest absolute Gasteiger partial charge is 0.461 e. The van der Waals surface area contributed by atoms with Crippen molar-refractivity contribution in [2.45, 2.75) is 39.5 Å². The van der Waals surface area contributed by atoms with Gasteiger partial charge in [0.1, 0.15) is 0 Å². The van der Waals surface area contributed by atoms with Gasteiger partial charge in [0, 0.05) is 10.4 Å². The molecule has 1 aliphatic rings. The van der Waals surface area contributed by atoms with Crippen LogP contribution in [-0.4, -0.2) is 12.6 Å². The van der Waals surface area contributed by atoms with Gasteiger partial charge in [-0.1, -0.05) is 61.5 Å². The minimum atomic E-state index is -0.476. The molecule has 0 aromatic heterocycles. The Balaban J connectivity index is 2.05. The van der Waals surface area contributed by atoms with Crippen molar-refractivity contribution in [1.82, 2.24) is 0 Å². The van der Waals surface area contributed by atoms with Crippen LogP contribution in [0.25, 0.3) is 0 Å². The van der Waals surface area contributed by atoms with E-state index in [1.807, 2.05) is 0 Å². The smallest absolute Gasteiger partial charge is 0.339 e. The summed E-state index contributed by atoms with van der Waals surface area (Å²) in [7, 11) is 0. The Morgan fingerprint density at radius 2 is 1.86 bits per heavy atom. The fraction of sp³-hybridized carbons (Fsp3) is 0.562. The van der Waals surface area contributed by atoms with E-state index in [1.54, 1.807) is 0 Å². The van der Waals surface area contributed by atoms with Crippen molar-refractivity contribution in [2.24, 2.45) is 11.3 Å². The predicted octanol–water partition coefficient (Wildman–Crippen LogP) is 6.02. The van der Waals surface area contributed by atoms with Crippen molar-refractivity contribution in [2.75, 3.05) is 6.61 Å². The van der Waals surface area contributed by atoms with Crippen molar-refractivity contribution >= 4 is 40.8 Å². The molecule has 1 aliphatic carbocycles. The Labute approximate surface area is 140 Å². The lowest BCUT2D eigenvalue weighted by Gasteiger charge is -2.31. The number of ether oxygens (including phenoxy) is 1. The van der Waals surface area contributed by atoms with E-state index in [2.05, 4.69) is 13.8 Å². The van der Waals surface area contributed by atoms with Gasteiger partial charge in [-0.3, -0.25) is 0 Å². The molecule has 0 bridgehead atoms. The summed E-state index contributed by atoms with van der Waals surface area (Å²) >= 11 is 17.9. The summed E-state index contributed by atoms with van der Waals surface area (Å²) in [6, 6.07) is 2.99. The zero-order chi connectivity index (χ0) is 15.6. The molecule has 0 atom stereocenters. The Morgan fingerprint density at radius 3 is 2.48 bits per heavy atom. The second kappa shape index (κ2) is 6.76. The monoisotopic (exact) mass is 348 g/mol. The summed E-state index contributed by atoms with van der Waals surface area (Å²) in [6.07, 6.45) is 4.93. The molecule has 1 aromatic carbocycles. The number of halogens is 3. The van der Waals surface area contributed by atoms with E-state index in [1.165, 1.54) is 37.8 Å². The van der Waals surface area contributed by atoms with Crippen LogP contribution in [0.3, 0.4) is 0 Å². The van der Waals surface area contributed by atoms with Gasteiger partial charge in [0.15, 0.2) is 0 Å². The van der Waals surface area contributed by atoms with Crippen LogP contribution in [0.15, 0.2) is 12.1 Å². The van der Waals surface area contributed by atoms with Gasteiger partial charge >= 0.3 is 5.97 Å². The molecule has 21 heavy (non-hydrogen) atoms. The molecule has 0 N–H and O–H groups in total. The lowest BCUT2D eigenvalue weighted by Crippen LogP contribution is -2.29. The maximum absolute atomic E-state index is 12.2. The standard InChI is InChI=1S/C16H19Cl3O2/c1-16(2,10-5-3-4-6-10)9-21-15(20)12-7-11(17)8-13(18)14(12)19/h7-8,10H,3-6,9H2,1-2H3. The molecule has 116 valence electrons. The van der Waals surface area contributed by atoms with Crippen LogP contribution in [0, 0.1) is 11.3 Å². The van der Waals surface area contributed by atoms with Gasteiger partial charge in [-0.25, -0.2) is 4.79 Å².